The van der Waals surface area contributed by atoms with E-state index in [1.165, 1.54) is 17.1 Å². The summed E-state index contributed by atoms with van der Waals surface area (Å²) in [6.07, 6.45) is 6.58. The number of aliphatic imine (C=N–C) groups is 1. The Labute approximate surface area is 151 Å². The van der Waals surface area contributed by atoms with E-state index in [0.29, 0.717) is 5.75 Å². The summed E-state index contributed by atoms with van der Waals surface area (Å²) in [4.78, 5) is 17.3. The van der Waals surface area contributed by atoms with Crippen LogP contribution in [0.4, 0.5) is 0 Å². The first-order valence-corrected chi connectivity index (χ1v) is 8.36. The third-order valence-corrected chi connectivity index (χ3v) is 5.83. The fourth-order valence-corrected chi connectivity index (χ4v) is 4.46. The Bertz CT molecular complexity index is 844. The van der Waals surface area contributed by atoms with Crippen molar-refractivity contribution < 1.29 is 19.7 Å². The molecule has 0 aromatic heterocycles. The van der Waals surface area contributed by atoms with Gasteiger partial charge in [-0.2, -0.15) is 0 Å². The first-order chi connectivity index (χ1) is 12.3. The van der Waals surface area contributed by atoms with Gasteiger partial charge in [-0.25, -0.2) is 4.99 Å². The second-order valence-corrected chi connectivity index (χ2v) is 7.14. The van der Waals surface area contributed by atoms with Crippen molar-refractivity contribution in [2.24, 2.45) is 16.1 Å². The van der Waals surface area contributed by atoms with Crippen LogP contribution in [0.15, 0.2) is 53.6 Å². The van der Waals surface area contributed by atoms with E-state index in [9.17, 15) is 15.0 Å². The quantitative estimate of drug-likeness (QED) is 0.713. The Hall–Kier alpha value is -2.64. The van der Waals surface area contributed by atoms with Crippen LogP contribution in [0.3, 0.4) is 0 Å². The number of ketones is 1. The number of carbonyl (C=O) groups excluding carboxylic acids is 1. The lowest BCUT2D eigenvalue weighted by Gasteiger charge is -2.37. The number of rotatable bonds is 2. The van der Waals surface area contributed by atoms with E-state index in [1.54, 1.807) is 38.4 Å². The van der Waals surface area contributed by atoms with Gasteiger partial charge in [0.05, 0.1) is 13.0 Å². The standard InChI is InChI=1S/C19H21N3O4/c1-22-16(20)21-19(25)15(12-3-5-14(26-2)6-4-12)17(11-18(19,22)24)9-7-13(23)8-10-17/h3-10,15,24-25H,11H2,1-2H3,(H2,20,21)/t15-,18-,19+/m1/s1. The molecule has 1 heterocycles. The molecule has 3 aliphatic rings. The second kappa shape index (κ2) is 5.18. The molecule has 7 nitrogen and oxygen atoms in total. The molecule has 0 radical (unpaired) electrons. The number of fused-ring (bicyclic) bond motifs is 1. The van der Waals surface area contributed by atoms with Gasteiger partial charge in [0.25, 0.3) is 0 Å². The topological polar surface area (TPSA) is 108 Å². The summed E-state index contributed by atoms with van der Waals surface area (Å²) in [5.74, 6) is -0.00534. The number of likely N-dealkylation sites (N-methyl/N-ethyl adjacent to an activating group) is 1. The minimum Gasteiger partial charge on any atom is -0.497 e. The number of hydrogen-bond donors (Lipinski definition) is 3. The minimum absolute atomic E-state index is 0.0724. The number of allylic oxidation sites excluding steroid dienone is 4. The molecular weight excluding hydrogens is 334 g/mol. The van der Waals surface area contributed by atoms with Crippen LogP contribution in [0.25, 0.3) is 0 Å². The van der Waals surface area contributed by atoms with Gasteiger partial charge in [0.15, 0.2) is 17.5 Å². The van der Waals surface area contributed by atoms with Crippen molar-refractivity contribution in [3.05, 3.63) is 54.1 Å². The molecule has 1 spiro atoms. The first-order valence-electron chi connectivity index (χ1n) is 8.36. The first kappa shape index (κ1) is 16.8. The Morgan fingerprint density at radius 1 is 1.23 bits per heavy atom. The fourth-order valence-electron chi connectivity index (χ4n) is 4.46. The van der Waals surface area contributed by atoms with Crippen LogP contribution in [0, 0.1) is 5.41 Å². The van der Waals surface area contributed by atoms with Crippen LogP contribution in [0.1, 0.15) is 17.9 Å². The molecule has 7 heteroatoms. The van der Waals surface area contributed by atoms with Gasteiger partial charge in [-0.1, -0.05) is 24.3 Å². The van der Waals surface area contributed by atoms with Crippen molar-refractivity contribution in [2.45, 2.75) is 23.8 Å². The number of benzene rings is 1. The highest BCUT2D eigenvalue weighted by atomic mass is 16.5. The van der Waals surface area contributed by atoms with Gasteiger partial charge in [0.1, 0.15) is 5.75 Å². The molecule has 1 saturated carbocycles. The van der Waals surface area contributed by atoms with Crippen LogP contribution in [0.5, 0.6) is 5.75 Å². The molecule has 1 fully saturated rings. The molecule has 0 unspecified atom stereocenters. The maximum Gasteiger partial charge on any atom is 0.216 e. The molecule has 0 bridgehead atoms. The maximum atomic E-state index is 11.7. The number of carbonyl (C=O) groups is 1. The summed E-state index contributed by atoms with van der Waals surface area (Å²) in [7, 11) is 3.18. The molecule has 4 N–H and O–H groups in total. The third-order valence-electron chi connectivity index (χ3n) is 5.83. The van der Waals surface area contributed by atoms with E-state index in [4.69, 9.17) is 10.5 Å². The largest absolute Gasteiger partial charge is 0.497 e. The Balaban J connectivity index is 1.92. The highest BCUT2D eigenvalue weighted by molar-refractivity contribution is 6.00. The van der Waals surface area contributed by atoms with Crippen LogP contribution in [-0.4, -0.2) is 52.5 Å². The van der Waals surface area contributed by atoms with E-state index < -0.39 is 22.8 Å². The summed E-state index contributed by atoms with van der Waals surface area (Å²) in [5.41, 5.74) is 2.37. The van der Waals surface area contributed by atoms with Gasteiger partial charge in [-0.3, -0.25) is 4.79 Å². The molecule has 1 aromatic rings. The molecular formula is C19H21N3O4. The van der Waals surface area contributed by atoms with Crippen molar-refractivity contribution in [2.75, 3.05) is 14.2 Å². The van der Waals surface area contributed by atoms with Gasteiger partial charge in [-0.05, 0) is 29.8 Å². The second-order valence-electron chi connectivity index (χ2n) is 7.14. The summed E-state index contributed by atoms with van der Waals surface area (Å²) >= 11 is 0. The van der Waals surface area contributed by atoms with E-state index in [2.05, 4.69) is 4.99 Å². The number of hydrogen-bond acceptors (Lipinski definition) is 7. The van der Waals surface area contributed by atoms with Crippen LogP contribution >= 0.6 is 0 Å². The van der Waals surface area contributed by atoms with Gasteiger partial charge in [-0.15, -0.1) is 0 Å². The summed E-state index contributed by atoms with van der Waals surface area (Å²) < 4.78 is 5.21. The SMILES string of the molecule is COc1ccc([C@@H]2C3(C=CC(=O)C=C3)C[C@]3(O)N(C)C(N)=N[C@]23O)cc1. The highest BCUT2D eigenvalue weighted by Gasteiger charge is 2.73. The summed E-state index contributed by atoms with van der Waals surface area (Å²) in [6, 6.07) is 7.24. The van der Waals surface area contributed by atoms with Crippen molar-refractivity contribution in [1.82, 2.24) is 4.90 Å². The lowest BCUT2D eigenvalue weighted by Crippen LogP contribution is -2.57. The average Bonchev–Trinajstić information content (AvgIpc) is 2.91. The minimum atomic E-state index is -1.85. The molecule has 0 saturated heterocycles. The number of ether oxygens (including phenoxy) is 1. The Morgan fingerprint density at radius 2 is 1.85 bits per heavy atom. The fraction of sp³-hybridized carbons (Fsp3) is 0.368. The number of nitrogens with two attached hydrogens (primary N) is 1. The number of guanidine groups is 1. The van der Waals surface area contributed by atoms with Gasteiger partial charge in [0, 0.05) is 18.9 Å². The summed E-state index contributed by atoms with van der Waals surface area (Å²) in [5, 5.41) is 22.9. The predicted octanol–water partition coefficient (Wildman–Crippen LogP) is 0.501. The normalized spacial score (nSPS) is 34.3. The van der Waals surface area contributed by atoms with E-state index in [1.807, 2.05) is 12.1 Å². The van der Waals surface area contributed by atoms with Crippen molar-refractivity contribution in [1.29, 1.82) is 0 Å². The molecule has 1 aliphatic heterocycles. The zero-order valence-corrected chi connectivity index (χ0v) is 14.6. The zero-order chi connectivity index (χ0) is 18.7. The lowest BCUT2D eigenvalue weighted by molar-refractivity contribution is -0.173. The molecule has 0 amide bonds. The van der Waals surface area contributed by atoms with Gasteiger partial charge in [0.2, 0.25) is 5.72 Å². The lowest BCUT2D eigenvalue weighted by atomic mass is 9.70. The molecule has 26 heavy (non-hydrogen) atoms. The van der Waals surface area contributed by atoms with E-state index in [0.717, 1.165) is 5.56 Å². The van der Waals surface area contributed by atoms with Crippen molar-refractivity contribution in [3.63, 3.8) is 0 Å². The van der Waals surface area contributed by atoms with Gasteiger partial charge < -0.3 is 25.6 Å². The Kier molecular flexibility index (Phi) is 3.35. The maximum absolute atomic E-state index is 11.7. The van der Waals surface area contributed by atoms with Gasteiger partial charge >= 0.3 is 0 Å². The summed E-state index contributed by atoms with van der Waals surface area (Å²) in [6.45, 7) is 0. The van der Waals surface area contributed by atoms with Crippen LogP contribution < -0.4 is 10.5 Å². The zero-order valence-electron chi connectivity index (χ0n) is 14.6. The van der Waals surface area contributed by atoms with Crippen molar-refractivity contribution >= 4 is 11.7 Å². The molecule has 136 valence electrons. The Morgan fingerprint density at radius 3 is 2.42 bits per heavy atom. The van der Waals surface area contributed by atoms with Crippen LogP contribution in [0.2, 0.25) is 0 Å². The van der Waals surface area contributed by atoms with Crippen molar-refractivity contribution in [3.8, 4) is 5.75 Å². The number of methoxy groups -OCH3 is 1. The predicted molar refractivity (Wildman–Crippen MR) is 95.4 cm³/mol. The molecule has 2 aliphatic carbocycles. The highest BCUT2D eigenvalue weighted by Crippen LogP contribution is 2.64. The van der Waals surface area contributed by atoms with Crippen LogP contribution in [-0.2, 0) is 4.79 Å². The molecule has 4 rings (SSSR count). The molecule has 1 aromatic carbocycles. The van der Waals surface area contributed by atoms with E-state index >= 15 is 0 Å². The average molecular weight is 355 g/mol. The monoisotopic (exact) mass is 355 g/mol. The molecule has 3 atom stereocenters. The third kappa shape index (κ3) is 1.95. The van der Waals surface area contributed by atoms with E-state index in [-0.39, 0.29) is 18.2 Å². The smallest absolute Gasteiger partial charge is 0.216 e. The number of nitrogens with zero attached hydrogens (tertiary/aromatic N) is 2. The number of aliphatic hydroxyl groups is 2.